The maximum absolute atomic E-state index is 12.7. The van der Waals surface area contributed by atoms with Gasteiger partial charge in [-0.15, -0.1) is 0 Å². The van der Waals surface area contributed by atoms with E-state index in [4.69, 9.17) is 9.47 Å². The molecule has 1 atom stereocenters. The van der Waals surface area contributed by atoms with Crippen molar-refractivity contribution >= 4 is 33.4 Å². The monoisotopic (exact) mass is 460 g/mol. The molecule has 0 aromatic heterocycles. The number of halogens is 1. The summed E-state index contributed by atoms with van der Waals surface area (Å²) in [5.41, 5.74) is 1.34. The maximum atomic E-state index is 12.7. The molecule has 6 nitrogen and oxygen atoms in total. The first-order valence-electron chi connectivity index (χ1n) is 9.69. The van der Waals surface area contributed by atoms with Crippen LogP contribution in [0.4, 0.5) is 5.69 Å². The molecule has 0 spiro atoms. The summed E-state index contributed by atoms with van der Waals surface area (Å²) in [6.07, 6.45) is 2.19. The van der Waals surface area contributed by atoms with Crippen molar-refractivity contribution in [2.45, 2.75) is 38.8 Å². The van der Waals surface area contributed by atoms with Gasteiger partial charge in [-0.25, -0.2) is 0 Å². The largest absolute Gasteiger partial charge is 0.490 e. The average molecular weight is 461 g/mol. The van der Waals surface area contributed by atoms with Crippen LogP contribution in [-0.2, 0) is 4.74 Å². The fraction of sp³-hybridized carbons (Fsp3) is 0.364. The smallest absolute Gasteiger partial charge is 0.255 e. The lowest BCUT2D eigenvalue weighted by Crippen LogP contribution is -2.31. The number of anilines is 1. The predicted octanol–water partition coefficient (Wildman–Crippen LogP) is 4.40. The molecule has 3 rings (SSSR count). The molecule has 2 aromatic carbocycles. The van der Waals surface area contributed by atoms with E-state index < -0.39 is 0 Å². The summed E-state index contributed by atoms with van der Waals surface area (Å²) in [4.78, 5) is 25.1. The van der Waals surface area contributed by atoms with Crippen molar-refractivity contribution in [2.24, 2.45) is 0 Å². The first kappa shape index (κ1) is 21.3. The first-order valence-corrected chi connectivity index (χ1v) is 10.5. The number of hydrogen-bond acceptors (Lipinski definition) is 4. The molecule has 1 saturated heterocycles. The number of amides is 2. The average Bonchev–Trinajstić information content (AvgIpc) is 3.20. The normalized spacial score (nSPS) is 15.9. The third-order valence-corrected chi connectivity index (χ3v) is 5.10. The zero-order valence-corrected chi connectivity index (χ0v) is 18.1. The van der Waals surface area contributed by atoms with Gasteiger partial charge in [0.05, 0.1) is 21.8 Å². The van der Waals surface area contributed by atoms with Gasteiger partial charge in [0.15, 0.2) is 0 Å². The molecule has 154 valence electrons. The molecule has 7 heteroatoms. The number of benzene rings is 2. The number of rotatable bonds is 7. The Morgan fingerprint density at radius 1 is 1.21 bits per heavy atom. The summed E-state index contributed by atoms with van der Waals surface area (Å²) in [5, 5.41) is 5.66. The molecule has 1 fully saturated rings. The van der Waals surface area contributed by atoms with Crippen LogP contribution in [0.25, 0.3) is 0 Å². The number of ether oxygens (including phenoxy) is 2. The third-order valence-electron chi connectivity index (χ3n) is 4.48. The van der Waals surface area contributed by atoms with Gasteiger partial charge in [0.2, 0.25) is 0 Å². The highest BCUT2D eigenvalue weighted by atomic mass is 79.9. The van der Waals surface area contributed by atoms with Gasteiger partial charge in [-0.2, -0.15) is 0 Å². The highest BCUT2D eigenvalue weighted by molar-refractivity contribution is 9.10. The van der Waals surface area contributed by atoms with Crippen molar-refractivity contribution in [3.63, 3.8) is 0 Å². The lowest BCUT2D eigenvalue weighted by Gasteiger charge is -2.14. The van der Waals surface area contributed by atoms with E-state index in [-0.39, 0.29) is 24.0 Å². The van der Waals surface area contributed by atoms with E-state index in [0.717, 1.165) is 19.4 Å². The topological polar surface area (TPSA) is 76.7 Å². The van der Waals surface area contributed by atoms with Crippen molar-refractivity contribution < 1.29 is 19.1 Å². The van der Waals surface area contributed by atoms with Crippen molar-refractivity contribution in [2.75, 3.05) is 18.5 Å². The number of hydrogen-bond donors (Lipinski definition) is 2. The first-order chi connectivity index (χ1) is 13.9. The van der Waals surface area contributed by atoms with Gasteiger partial charge in [0.25, 0.3) is 11.8 Å². The van der Waals surface area contributed by atoms with E-state index in [2.05, 4.69) is 26.6 Å². The number of nitrogens with one attached hydrogen (secondary N) is 2. The van der Waals surface area contributed by atoms with Gasteiger partial charge < -0.3 is 20.1 Å². The Morgan fingerprint density at radius 2 is 2.00 bits per heavy atom. The van der Waals surface area contributed by atoms with Crippen LogP contribution in [0.5, 0.6) is 5.75 Å². The molecule has 1 unspecified atom stereocenters. The van der Waals surface area contributed by atoms with Gasteiger partial charge in [-0.1, -0.05) is 12.1 Å². The van der Waals surface area contributed by atoms with Gasteiger partial charge >= 0.3 is 0 Å². The third kappa shape index (κ3) is 5.81. The summed E-state index contributed by atoms with van der Waals surface area (Å²) in [7, 11) is 0. The highest BCUT2D eigenvalue weighted by Gasteiger charge is 2.18. The predicted molar refractivity (Wildman–Crippen MR) is 116 cm³/mol. The Labute approximate surface area is 179 Å². The van der Waals surface area contributed by atoms with E-state index in [0.29, 0.717) is 33.6 Å². The van der Waals surface area contributed by atoms with E-state index in [1.54, 1.807) is 42.5 Å². The molecule has 0 aliphatic carbocycles. The Morgan fingerprint density at radius 3 is 2.69 bits per heavy atom. The molecule has 1 heterocycles. The number of para-hydroxylation sites is 1. The minimum atomic E-state index is -0.304. The Hall–Kier alpha value is -2.38. The fourth-order valence-corrected chi connectivity index (χ4v) is 3.54. The Kier molecular flexibility index (Phi) is 7.28. The summed E-state index contributed by atoms with van der Waals surface area (Å²) < 4.78 is 12.1. The van der Waals surface area contributed by atoms with Crippen LogP contribution < -0.4 is 15.4 Å². The zero-order valence-electron chi connectivity index (χ0n) is 16.5. The Bertz CT molecular complexity index is 879. The van der Waals surface area contributed by atoms with Crippen molar-refractivity contribution in [1.29, 1.82) is 0 Å². The minimum Gasteiger partial charge on any atom is -0.490 e. The second kappa shape index (κ2) is 9.89. The van der Waals surface area contributed by atoms with Crippen LogP contribution in [0.2, 0.25) is 0 Å². The van der Waals surface area contributed by atoms with Gasteiger partial charge in [-0.05, 0) is 73.0 Å². The molecule has 2 N–H and O–H groups in total. The quantitative estimate of drug-likeness (QED) is 0.641. The zero-order chi connectivity index (χ0) is 20.8. The van der Waals surface area contributed by atoms with E-state index >= 15 is 0 Å². The number of carbonyl (C=O) groups is 2. The lowest BCUT2D eigenvalue weighted by molar-refractivity contribution is 0.0677. The van der Waals surface area contributed by atoms with Crippen molar-refractivity contribution in [1.82, 2.24) is 5.32 Å². The number of carbonyl (C=O) groups excluding carboxylic acids is 2. The van der Waals surface area contributed by atoms with Crippen LogP contribution in [0.1, 0.15) is 47.4 Å². The van der Waals surface area contributed by atoms with Crippen LogP contribution in [0, 0.1) is 0 Å². The van der Waals surface area contributed by atoms with Crippen LogP contribution in [0.3, 0.4) is 0 Å². The molecular weight excluding hydrogens is 436 g/mol. The molecule has 29 heavy (non-hydrogen) atoms. The standard InChI is InChI=1S/C22H25BrN2O4/c1-14(2)24-22(27)17-7-3-4-8-19(17)25-21(26)15-9-10-20(18(23)12-15)29-13-16-6-5-11-28-16/h3-4,7-10,12,14,16H,5-6,11,13H2,1-2H3,(H,24,27)(H,25,26). The fourth-order valence-electron chi connectivity index (χ4n) is 3.04. The molecule has 0 bridgehead atoms. The summed E-state index contributed by atoms with van der Waals surface area (Å²) in [5.74, 6) is 0.130. The second-order valence-electron chi connectivity index (χ2n) is 7.22. The SMILES string of the molecule is CC(C)NC(=O)c1ccccc1NC(=O)c1ccc(OCC2CCCO2)c(Br)c1. The van der Waals surface area contributed by atoms with Crippen molar-refractivity contribution in [3.05, 3.63) is 58.1 Å². The summed E-state index contributed by atoms with van der Waals surface area (Å²) in [6, 6.07) is 12.1. The van der Waals surface area contributed by atoms with Crippen molar-refractivity contribution in [3.8, 4) is 5.75 Å². The molecule has 0 radical (unpaired) electrons. The molecule has 1 aliphatic heterocycles. The maximum Gasteiger partial charge on any atom is 0.255 e. The molecule has 0 saturated carbocycles. The summed E-state index contributed by atoms with van der Waals surface area (Å²) >= 11 is 3.47. The van der Waals surface area contributed by atoms with Crippen LogP contribution >= 0.6 is 15.9 Å². The summed E-state index contributed by atoms with van der Waals surface area (Å²) in [6.45, 7) is 5.05. The second-order valence-corrected chi connectivity index (χ2v) is 8.07. The Balaban J connectivity index is 1.68. The van der Waals surface area contributed by atoms with Crippen LogP contribution in [-0.4, -0.2) is 37.2 Å². The molecule has 2 aromatic rings. The highest BCUT2D eigenvalue weighted by Crippen LogP contribution is 2.27. The van der Waals surface area contributed by atoms with E-state index in [9.17, 15) is 9.59 Å². The van der Waals surface area contributed by atoms with E-state index in [1.807, 2.05) is 13.8 Å². The molecule has 1 aliphatic rings. The molecule has 2 amide bonds. The lowest BCUT2D eigenvalue weighted by atomic mass is 10.1. The van der Waals surface area contributed by atoms with Gasteiger partial charge in [0.1, 0.15) is 12.4 Å². The minimum absolute atomic E-state index is 0.00407. The molecular formula is C22H25BrN2O4. The van der Waals surface area contributed by atoms with Gasteiger partial charge in [0, 0.05) is 18.2 Å². The van der Waals surface area contributed by atoms with Gasteiger partial charge in [-0.3, -0.25) is 9.59 Å². The van der Waals surface area contributed by atoms with E-state index in [1.165, 1.54) is 0 Å². The van der Waals surface area contributed by atoms with Crippen LogP contribution in [0.15, 0.2) is 46.9 Å².